The predicted molar refractivity (Wildman–Crippen MR) is 113 cm³/mol. The van der Waals surface area contributed by atoms with Gasteiger partial charge in [0.05, 0.1) is 0 Å². The molecule has 0 radical (unpaired) electrons. The van der Waals surface area contributed by atoms with Crippen LogP contribution in [0.4, 0.5) is 0 Å². The van der Waals surface area contributed by atoms with Crippen molar-refractivity contribution in [2.45, 2.75) is 25.7 Å². The van der Waals surface area contributed by atoms with Gasteiger partial charge in [-0.25, -0.2) is 0 Å². The van der Waals surface area contributed by atoms with E-state index in [1.165, 1.54) is 11.6 Å². The first-order valence-electron chi connectivity index (χ1n) is 8.59. The van der Waals surface area contributed by atoms with Gasteiger partial charge in [0.25, 0.3) is 0 Å². The quantitative estimate of drug-likeness (QED) is 0.474. The molecular formula is C20H24O6P2. The standard InChI is InChI=1S/C20H24O6P2/c1-15(2)14-17-8-12-19(13-9-17)18-10-6-16(7-11-18)4-3-5-20(27(21,22)23)28(24,25)26/h3-4,6-14,20H,5H2,1-2H3,(H2,21,22,23)(H2,24,25,26). The van der Waals surface area contributed by atoms with Crippen LogP contribution in [0.25, 0.3) is 23.3 Å². The van der Waals surface area contributed by atoms with Crippen molar-refractivity contribution in [3.63, 3.8) is 0 Å². The van der Waals surface area contributed by atoms with Crippen LogP contribution in [0.15, 0.2) is 60.2 Å². The van der Waals surface area contributed by atoms with Crippen LogP contribution in [-0.2, 0) is 9.13 Å². The highest BCUT2D eigenvalue weighted by Crippen LogP contribution is 2.61. The zero-order valence-electron chi connectivity index (χ0n) is 15.6. The first-order chi connectivity index (χ1) is 13.0. The summed E-state index contributed by atoms with van der Waals surface area (Å²) in [4.78, 5) is 36.5. The van der Waals surface area contributed by atoms with Gasteiger partial charge >= 0.3 is 15.2 Å². The third kappa shape index (κ3) is 6.68. The van der Waals surface area contributed by atoms with E-state index in [4.69, 9.17) is 19.6 Å². The number of allylic oxidation sites excluding steroid dienone is 2. The summed E-state index contributed by atoms with van der Waals surface area (Å²) >= 11 is 0. The van der Waals surface area contributed by atoms with E-state index in [1.54, 1.807) is 6.08 Å². The molecule has 2 rings (SSSR count). The summed E-state index contributed by atoms with van der Waals surface area (Å²) in [6.07, 6.45) is 4.63. The predicted octanol–water partition coefficient (Wildman–Crippen LogP) is 4.86. The Balaban J connectivity index is 2.10. The van der Waals surface area contributed by atoms with E-state index in [0.717, 1.165) is 22.3 Å². The van der Waals surface area contributed by atoms with Crippen molar-refractivity contribution in [2.24, 2.45) is 0 Å². The number of rotatable bonds is 7. The van der Waals surface area contributed by atoms with E-state index < -0.39 is 27.0 Å². The first-order valence-corrected chi connectivity index (χ1v) is 12.0. The maximum atomic E-state index is 11.3. The molecule has 28 heavy (non-hydrogen) atoms. The third-order valence-corrected chi connectivity index (χ3v) is 7.82. The van der Waals surface area contributed by atoms with Crippen molar-refractivity contribution < 1.29 is 28.7 Å². The van der Waals surface area contributed by atoms with Gasteiger partial charge in [0.2, 0.25) is 0 Å². The van der Waals surface area contributed by atoms with Gasteiger partial charge in [-0.05, 0) is 42.5 Å². The fraction of sp³-hybridized carbons (Fsp3) is 0.200. The second-order valence-corrected chi connectivity index (χ2v) is 10.8. The van der Waals surface area contributed by atoms with Crippen LogP contribution < -0.4 is 0 Å². The van der Waals surface area contributed by atoms with Crippen molar-refractivity contribution in [2.75, 3.05) is 0 Å². The van der Waals surface area contributed by atoms with Gasteiger partial charge in [0.15, 0.2) is 5.40 Å². The molecule has 6 nitrogen and oxygen atoms in total. The van der Waals surface area contributed by atoms with Crippen LogP contribution in [0.3, 0.4) is 0 Å². The largest absolute Gasteiger partial charge is 0.341 e. The van der Waals surface area contributed by atoms with Crippen molar-refractivity contribution in [3.05, 3.63) is 71.3 Å². The Morgan fingerprint density at radius 2 is 1.25 bits per heavy atom. The average molecular weight is 422 g/mol. The minimum absolute atomic E-state index is 0.415. The number of hydrogen-bond acceptors (Lipinski definition) is 2. The Morgan fingerprint density at radius 3 is 1.64 bits per heavy atom. The molecule has 0 atom stereocenters. The Morgan fingerprint density at radius 1 is 0.821 bits per heavy atom. The molecule has 0 aromatic heterocycles. The second-order valence-electron chi connectivity index (χ2n) is 6.76. The molecule has 0 aliphatic heterocycles. The Hall–Kier alpha value is -1.78. The summed E-state index contributed by atoms with van der Waals surface area (Å²) in [6, 6.07) is 15.6. The van der Waals surface area contributed by atoms with Crippen LogP contribution in [0.1, 0.15) is 31.4 Å². The maximum absolute atomic E-state index is 11.3. The summed E-state index contributed by atoms with van der Waals surface area (Å²) in [5.74, 6) is 0. The molecule has 0 saturated carbocycles. The molecule has 0 amide bonds. The molecule has 150 valence electrons. The Kier molecular flexibility index (Phi) is 7.35. The lowest BCUT2D eigenvalue weighted by atomic mass is 10.0. The van der Waals surface area contributed by atoms with E-state index in [-0.39, 0.29) is 0 Å². The molecule has 0 bridgehead atoms. The van der Waals surface area contributed by atoms with Gasteiger partial charge in [-0.1, -0.05) is 72.3 Å². The summed E-state index contributed by atoms with van der Waals surface area (Å²) in [6.45, 7) is 4.09. The smallest absolute Gasteiger partial charge is 0.324 e. The minimum atomic E-state index is -4.90. The van der Waals surface area contributed by atoms with Crippen LogP contribution in [-0.4, -0.2) is 25.0 Å². The first kappa shape index (κ1) is 22.5. The van der Waals surface area contributed by atoms with E-state index in [0.29, 0.717) is 0 Å². The van der Waals surface area contributed by atoms with Crippen LogP contribution >= 0.6 is 15.2 Å². The zero-order chi connectivity index (χ0) is 20.9. The monoisotopic (exact) mass is 422 g/mol. The molecular weight excluding hydrogens is 398 g/mol. The summed E-state index contributed by atoms with van der Waals surface area (Å²) in [7, 11) is -9.80. The number of hydrogen-bond donors (Lipinski definition) is 4. The molecule has 0 spiro atoms. The molecule has 2 aromatic rings. The van der Waals surface area contributed by atoms with E-state index in [9.17, 15) is 9.13 Å². The molecule has 4 N–H and O–H groups in total. The van der Waals surface area contributed by atoms with Crippen LogP contribution in [0.5, 0.6) is 0 Å². The topological polar surface area (TPSA) is 115 Å². The molecule has 0 unspecified atom stereocenters. The molecule has 8 heteroatoms. The lowest BCUT2D eigenvalue weighted by Crippen LogP contribution is -2.07. The molecule has 0 aliphatic carbocycles. The third-order valence-electron chi connectivity index (χ3n) is 4.04. The van der Waals surface area contributed by atoms with Crippen LogP contribution in [0.2, 0.25) is 0 Å². The van der Waals surface area contributed by atoms with Gasteiger partial charge in [-0.2, -0.15) is 0 Å². The molecule has 0 fully saturated rings. The lowest BCUT2D eigenvalue weighted by molar-refractivity contribution is 0.339. The van der Waals surface area contributed by atoms with Crippen molar-refractivity contribution in [1.29, 1.82) is 0 Å². The summed E-state index contributed by atoms with van der Waals surface area (Å²) in [5.41, 5.74) is 5.20. The molecule has 2 aromatic carbocycles. The summed E-state index contributed by atoms with van der Waals surface area (Å²) < 4.78 is 22.5. The summed E-state index contributed by atoms with van der Waals surface area (Å²) in [5, 5.41) is -2.02. The molecule has 0 aliphatic rings. The van der Waals surface area contributed by atoms with Gasteiger partial charge in [-0.3, -0.25) is 9.13 Å². The van der Waals surface area contributed by atoms with Gasteiger partial charge in [0.1, 0.15) is 0 Å². The van der Waals surface area contributed by atoms with Crippen molar-refractivity contribution >= 4 is 27.3 Å². The highest BCUT2D eigenvalue weighted by molar-refractivity contribution is 7.70. The highest BCUT2D eigenvalue weighted by atomic mass is 31.2. The van der Waals surface area contributed by atoms with Crippen LogP contribution in [0, 0.1) is 0 Å². The van der Waals surface area contributed by atoms with E-state index in [2.05, 4.69) is 6.08 Å². The minimum Gasteiger partial charge on any atom is -0.324 e. The highest BCUT2D eigenvalue weighted by Gasteiger charge is 2.42. The van der Waals surface area contributed by atoms with E-state index >= 15 is 0 Å². The Bertz CT molecular complexity index is 923. The van der Waals surface area contributed by atoms with Gasteiger partial charge in [-0.15, -0.1) is 0 Å². The van der Waals surface area contributed by atoms with Gasteiger partial charge < -0.3 is 19.6 Å². The SMILES string of the molecule is CC(C)=Cc1ccc(-c2ccc(C=CCC(P(=O)(O)O)P(=O)(O)O)cc2)cc1. The maximum Gasteiger partial charge on any atom is 0.341 e. The lowest BCUT2D eigenvalue weighted by Gasteiger charge is -2.17. The van der Waals surface area contributed by atoms with Crippen molar-refractivity contribution in [3.8, 4) is 11.1 Å². The second kappa shape index (κ2) is 9.15. The normalized spacial score (nSPS) is 12.5. The molecule has 0 heterocycles. The zero-order valence-corrected chi connectivity index (χ0v) is 17.4. The van der Waals surface area contributed by atoms with Crippen molar-refractivity contribution in [1.82, 2.24) is 0 Å². The number of benzene rings is 2. The fourth-order valence-electron chi connectivity index (χ4n) is 2.69. The fourth-order valence-corrected chi connectivity index (χ4v) is 5.05. The molecule has 0 saturated heterocycles. The van der Waals surface area contributed by atoms with Gasteiger partial charge in [0, 0.05) is 0 Å². The Labute approximate surface area is 164 Å². The average Bonchev–Trinajstić information content (AvgIpc) is 2.57. The van der Waals surface area contributed by atoms with E-state index in [1.807, 2.05) is 62.4 Å².